The second-order valence-electron chi connectivity index (χ2n) is 22.5. The number of hydrogen-bond donors (Lipinski definition) is 3. The summed E-state index contributed by atoms with van der Waals surface area (Å²) >= 11 is 0. The highest BCUT2D eigenvalue weighted by atomic mass is 16.3. The van der Waals surface area contributed by atoms with E-state index in [1.54, 1.807) is 0 Å². The lowest BCUT2D eigenvalue weighted by Crippen LogP contribution is -2.45. The van der Waals surface area contributed by atoms with Gasteiger partial charge in [0.25, 0.3) is 0 Å². The average Bonchev–Trinajstić information content (AvgIpc) is 3.40. The van der Waals surface area contributed by atoms with Crippen molar-refractivity contribution >= 4 is 5.91 Å². The number of unbranched alkanes of at least 4 members (excludes halogenated alkanes) is 42. The minimum atomic E-state index is -0.664. The lowest BCUT2D eigenvalue weighted by molar-refractivity contribution is -0.123. The minimum Gasteiger partial charge on any atom is -0.394 e. The van der Waals surface area contributed by atoms with Gasteiger partial charge in [0, 0.05) is 6.42 Å². The van der Waals surface area contributed by atoms with Crippen molar-refractivity contribution in [2.75, 3.05) is 6.61 Å². The monoisotopic (exact) mass is 1030 g/mol. The molecule has 0 aromatic rings. The number of carbonyl (C=O) groups excluding carboxylic acids is 1. The summed E-state index contributed by atoms with van der Waals surface area (Å²) < 4.78 is 0. The first-order chi connectivity index (χ1) is 36.7. The zero-order valence-corrected chi connectivity index (χ0v) is 49.9. The molecule has 0 aromatic carbocycles. The number of rotatable bonds is 61. The van der Waals surface area contributed by atoms with Gasteiger partial charge in [-0.25, -0.2) is 0 Å². The smallest absolute Gasteiger partial charge is 0.220 e. The van der Waals surface area contributed by atoms with Crippen molar-refractivity contribution in [3.8, 4) is 0 Å². The molecule has 0 spiro atoms. The van der Waals surface area contributed by atoms with Gasteiger partial charge in [0.1, 0.15) is 0 Å². The van der Waals surface area contributed by atoms with Crippen LogP contribution in [0.5, 0.6) is 0 Å². The maximum atomic E-state index is 12.6. The molecule has 0 saturated heterocycles. The summed E-state index contributed by atoms with van der Waals surface area (Å²) in [7, 11) is 0. The van der Waals surface area contributed by atoms with Gasteiger partial charge in [0.15, 0.2) is 0 Å². The third-order valence-corrected chi connectivity index (χ3v) is 15.2. The van der Waals surface area contributed by atoms with E-state index in [0.29, 0.717) is 12.8 Å². The Kier molecular flexibility index (Phi) is 63.2. The molecule has 74 heavy (non-hydrogen) atoms. The molecule has 0 bridgehead atoms. The van der Waals surface area contributed by atoms with Crippen LogP contribution in [0.15, 0.2) is 72.9 Å². The van der Waals surface area contributed by atoms with Crippen molar-refractivity contribution in [1.82, 2.24) is 5.32 Å². The molecule has 2 atom stereocenters. The Hall–Kier alpha value is -2.17. The van der Waals surface area contributed by atoms with Crippen LogP contribution in [0, 0.1) is 0 Å². The zero-order valence-electron chi connectivity index (χ0n) is 49.9. The summed E-state index contributed by atoms with van der Waals surface area (Å²) in [6, 6.07) is -0.541. The van der Waals surface area contributed by atoms with Gasteiger partial charge in [-0.2, -0.15) is 0 Å². The average molecular weight is 1030 g/mol. The van der Waals surface area contributed by atoms with Crippen LogP contribution in [0.25, 0.3) is 0 Å². The normalized spacial score (nSPS) is 13.2. The van der Waals surface area contributed by atoms with Crippen LogP contribution < -0.4 is 5.32 Å². The van der Waals surface area contributed by atoms with Gasteiger partial charge >= 0.3 is 0 Å². The van der Waals surface area contributed by atoms with Crippen LogP contribution in [0.4, 0.5) is 0 Å². The van der Waals surface area contributed by atoms with Crippen LogP contribution in [0.1, 0.15) is 348 Å². The van der Waals surface area contributed by atoms with Crippen molar-refractivity contribution in [3.63, 3.8) is 0 Å². The molecule has 0 heterocycles. The molecule has 0 aromatic heterocycles. The maximum Gasteiger partial charge on any atom is 0.220 e. The lowest BCUT2D eigenvalue weighted by Gasteiger charge is -2.22. The molecule has 3 N–H and O–H groups in total. The van der Waals surface area contributed by atoms with Gasteiger partial charge < -0.3 is 15.5 Å². The molecule has 0 fully saturated rings. The Morgan fingerprint density at radius 3 is 0.892 bits per heavy atom. The van der Waals surface area contributed by atoms with E-state index in [2.05, 4.69) is 92.1 Å². The fourth-order valence-electron chi connectivity index (χ4n) is 10.3. The Morgan fingerprint density at radius 1 is 0.338 bits per heavy atom. The first-order valence-electron chi connectivity index (χ1n) is 33.1. The fourth-order valence-corrected chi connectivity index (χ4v) is 10.3. The summed E-state index contributed by atoms with van der Waals surface area (Å²) in [6.07, 6.45) is 93.6. The SMILES string of the molecule is CC/C=C\C/C=C\C/C=C\C/C=C\C/C=C\C/C=C\CCCCCCCCCCCCCCCCC(=O)NC(CO)C(O)CCCCCCCCCCCCCCCCCCCCCCCCCCCCCCC. The predicted molar refractivity (Wildman–Crippen MR) is 331 cm³/mol. The van der Waals surface area contributed by atoms with Crippen LogP contribution in [0.3, 0.4) is 0 Å². The molecule has 0 radical (unpaired) electrons. The minimum absolute atomic E-state index is 0.0291. The third-order valence-electron chi connectivity index (χ3n) is 15.2. The van der Waals surface area contributed by atoms with Gasteiger partial charge in [-0.05, 0) is 64.2 Å². The second kappa shape index (κ2) is 65.1. The summed E-state index contributed by atoms with van der Waals surface area (Å²) in [5.74, 6) is -0.0291. The molecule has 0 aliphatic carbocycles. The predicted octanol–water partition coefficient (Wildman–Crippen LogP) is 22.5. The molecule has 4 heteroatoms. The molecule has 0 saturated carbocycles. The van der Waals surface area contributed by atoms with Gasteiger partial charge in [-0.3, -0.25) is 4.79 Å². The van der Waals surface area contributed by atoms with Gasteiger partial charge in [-0.15, -0.1) is 0 Å². The number of nitrogens with one attached hydrogen (secondary N) is 1. The number of amides is 1. The fraction of sp³-hybridized carbons (Fsp3) is 0.814. The molecule has 0 aliphatic heterocycles. The largest absolute Gasteiger partial charge is 0.394 e. The quantitative estimate of drug-likeness (QED) is 0.0420. The molecule has 0 aliphatic rings. The maximum absolute atomic E-state index is 12.6. The van der Waals surface area contributed by atoms with Crippen LogP contribution in [-0.4, -0.2) is 34.9 Å². The van der Waals surface area contributed by atoms with Crippen molar-refractivity contribution in [1.29, 1.82) is 0 Å². The Morgan fingerprint density at radius 2 is 0.595 bits per heavy atom. The van der Waals surface area contributed by atoms with E-state index in [1.807, 2.05) is 0 Å². The van der Waals surface area contributed by atoms with Crippen molar-refractivity contribution in [2.24, 2.45) is 0 Å². The summed E-state index contributed by atoms with van der Waals surface area (Å²) in [5.41, 5.74) is 0. The first kappa shape index (κ1) is 71.8. The van der Waals surface area contributed by atoms with Gasteiger partial charge in [-0.1, -0.05) is 350 Å². The summed E-state index contributed by atoms with van der Waals surface area (Å²) in [5, 5.41) is 23.5. The first-order valence-corrected chi connectivity index (χ1v) is 33.1. The number of aliphatic hydroxyl groups excluding tert-OH is 2. The van der Waals surface area contributed by atoms with Crippen molar-refractivity contribution in [2.45, 2.75) is 360 Å². The van der Waals surface area contributed by atoms with Crippen molar-refractivity contribution in [3.05, 3.63) is 72.9 Å². The Bertz CT molecular complexity index is 1260. The highest BCUT2D eigenvalue weighted by Gasteiger charge is 2.20. The van der Waals surface area contributed by atoms with Crippen molar-refractivity contribution < 1.29 is 15.0 Å². The summed E-state index contributed by atoms with van der Waals surface area (Å²) in [6.45, 7) is 4.28. The van der Waals surface area contributed by atoms with E-state index in [-0.39, 0.29) is 12.5 Å². The van der Waals surface area contributed by atoms with E-state index in [1.165, 1.54) is 257 Å². The lowest BCUT2D eigenvalue weighted by atomic mass is 10.0. The van der Waals surface area contributed by atoms with Crippen LogP contribution in [-0.2, 0) is 4.79 Å². The molecule has 432 valence electrons. The topological polar surface area (TPSA) is 69.6 Å². The Balaban J connectivity index is 3.45. The number of hydrogen-bond acceptors (Lipinski definition) is 3. The zero-order chi connectivity index (χ0) is 53.4. The Labute approximate surface area is 463 Å². The highest BCUT2D eigenvalue weighted by molar-refractivity contribution is 5.76. The molecule has 1 amide bonds. The highest BCUT2D eigenvalue weighted by Crippen LogP contribution is 2.18. The molecular weight excluding hydrogens is 903 g/mol. The van der Waals surface area contributed by atoms with E-state index >= 15 is 0 Å². The standard InChI is InChI=1S/C70H129NO3/c1-3-5-7-9-11-13-15-17-19-21-23-25-27-29-31-33-34-35-36-38-40-42-44-46-48-50-52-54-56-58-60-62-64-66-70(74)71-68(67-72)69(73)65-63-61-59-57-55-53-51-49-47-45-43-41-39-37-32-30-28-26-24-22-20-18-16-14-12-10-8-6-4-2/h5,7,11,13,17,19,23,25,29,31,34-35,68-69,72-73H,3-4,6,8-10,12,14-16,18,20-22,24,26-28,30,32-33,36-67H2,1-2H3,(H,71,74)/b7-5-,13-11-,19-17-,25-23-,31-29-,35-34-. The molecular formula is C70H129NO3. The van der Waals surface area contributed by atoms with E-state index in [4.69, 9.17) is 0 Å². The molecule has 4 nitrogen and oxygen atoms in total. The van der Waals surface area contributed by atoms with E-state index in [0.717, 1.165) is 64.2 Å². The third kappa shape index (κ3) is 60.7. The number of carbonyl (C=O) groups is 1. The van der Waals surface area contributed by atoms with Gasteiger partial charge in [0.2, 0.25) is 5.91 Å². The number of allylic oxidation sites excluding steroid dienone is 12. The summed E-state index contributed by atoms with van der Waals surface area (Å²) in [4.78, 5) is 12.6. The van der Waals surface area contributed by atoms with Crippen LogP contribution in [0.2, 0.25) is 0 Å². The molecule has 0 rings (SSSR count). The number of aliphatic hydroxyl groups is 2. The van der Waals surface area contributed by atoms with E-state index in [9.17, 15) is 15.0 Å². The molecule has 2 unspecified atom stereocenters. The van der Waals surface area contributed by atoms with Gasteiger partial charge in [0.05, 0.1) is 18.8 Å². The van der Waals surface area contributed by atoms with Crippen LogP contribution >= 0.6 is 0 Å². The second-order valence-corrected chi connectivity index (χ2v) is 22.5. The van der Waals surface area contributed by atoms with E-state index < -0.39 is 12.1 Å².